The van der Waals surface area contributed by atoms with Crippen molar-refractivity contribution in [3.05, 3.63) is 22.4 Å². The summed E-state index contributed by atoms with van der Waals surface area (Å²) in [5, 5.41) is 14.8. The van der Waals surface area contributed by atoms with Gasteiger partial charge in [0.2, 0.25) is 0 Å². The Balaban J connectivity index is 1.93. The summed E-state index contributed by atoms with van der Waals surface area (Å²) in [6, 6.07) is 4.00. The summed E-state index contributed by atoms with van der Waals surface area (Å²) in [7, 11) is -0.728. The smallest absolute Gasteiger partial charge is 0.0897 e. The van der Waals surface area contributed by atoms with Crippen LogP contribution in [0.1, 0.15) is 11.3 Å². The van der Waals surface area contributed by atoms with Gasteiger partial charge in [-0.1, -0.05) is 6.07 Å². The van der Waals surface area contributed by atoms with Crippen LogP contribution in [0, 0.1) is 0 Å². The molecule has 2 N–H and O–H groups in total. The summed E-state index contributed by atoms with van der Waals surface area (Å²) >= 11 is 1.65. The van der Waals surface area contributed by atoms with Crippen molar-refractivity contribution in [3.63, 3.8) is 0 Å². The highest BCUT2D eigenvalue weighted by Crippen LogP contribution is 2.09. The number of ether oxygens (including phenoxy) is 1. The number of hydrogen-bond acceptors (Lipinski definition) is 5. The number of hydrogen-bond donors (Lipinski definition) is 2. The SMILES string of the molecule is CS(=O)CCCNCC(O)COCc1cccs1. The second kappa shape index (κ2) is 9.63. The van der Waals surface area contributed by atoms with E-state index in [2.05, 4.69) is 5.32 Å². The minimum absolute atomic E-state index is 0.338. The van der Waals surface area contributed by atoms with Crippen LogP contribution in [0.25, 0.3) is 0 Å². The molecule has 2 atom stereocenters. The van der Waals surface area contributed by atoms with Crippen molar-refractivity contribution in [1.29, 1.82) is 0 Å². The monoisotopic (exact) mass is 291 g/mol. The summed E-state index contributed by atoms with van der Waals surface area (Å²) in [6.07, 6.45) is 2.08. The predicted molar refractivity (Wildman–Crippen MR) is 76.4 cm³/mol. The molecule has 1 rings (SSSR count). The molecule has 0 aliphatic rings. The van der Waals surface area contributed by atoms with E-state index in [4.69, 9.17) is 4.74 Å². The molecule has 1 aromatic heterocycles. The van der Waals surface area contributed by atoms with E-state index >= 15 is 0 Å². The van der Waals surface area contributed by atoms with Crippen LogP contribution >= 0.6 is 11.3 Å². The largest absolute Gasteiger partial charge is 0.389 e. The first-order valence-corrected chi connectivity index (χ1v) is 8.58. The molecule has 0 radical (unpaired) electrons. The molecule has 0 aliphatic heterocycles. The molecule has 0 bridgehead atoms. The van der Waals surface area contributed by atoms with Gasteiger partial charge >= 0.3 is 0 Å². The van der Waals surface area contributed by atoms with Crippen LogP contribution in [0.15, 0.2) is 17.5 Å². The van der Waals surface area contributed by atoms with Crippen LogP contribution in [0.4, 0.5) is 0 Å². The standard InChI is InChI=1S/C12H21NO3S2/c1-18(15)7-3-5-13-8-11(14)9-16-10-12-4-2-6-17-12/h2,4,6,11,13-14H,3,5,7-10H2,1H3. The number of nitrogens with one attached hydrogen (secondary N) is 1. The molecule has 6 heteroatoms. The van der Waals surface area contributed by atoms with Gasteiger partial charge in [0.1, 0.15) is 0 Å². The molecule has 18 heavy (non-hydrogen) atoms. The molecule has 0 aliphatic carbocycles. The Labute approximate surface area is 115 Å². The molecular weight excluding hydrogens is 270 g/mol. The third-order valence-corrected chi connectivity index (χ3v) is 4.01. The molecule has 0 aromatic carbocycles. The lowest BCUT2D eigenvalue weighted by Crippen LogP contribution is -2.31. The van der Waals surface area contributed by atoms with Crippen LogP contribution < -0.4 is 5.32 Å². The molecule has 0 amide bonds. The minimum atomic E-state index is -0.728. The van der Waals surface area contributed by atoms with E-state index in [1.165, 1.54) is 4.88 Å². The lowest BCUT2D eigenvalue weighted by molar-refractivity contribution is 0.0300. The van der Waals surface area contributed by atoms with Gasteiger partial charge in [0.25, 0.3) is 0 Å². The second-order valence-corrected chi connectivity index (χ2v) is 6.67. The maximum Gasteiger partial charge on any atom is 0.0897 e. The zero-order valence-electron chi connectivity index (χ0n) is 10.6. The number of aliphatic hydroxyl groups excluding tert-OH is 1. The first-order valence-electron chi connectivity index (χ1n) is 5.97. The maximum absolute atomic E-state index is 10.8. The predicted octanol–water partition coefficient (Wildman–Crippen LogP) is 0.984. The minimum Gasteiger partial charge on any atom is -0.389 e. The van der Waals surface area contributed by atoms with Crippen LogP contribution in [0.2, 0.25) is 0 Å². The van der Waals surface area contributed by atoms with Gasteiger partial charge < -0.3 is 15.2 Å². The van der Waals surface area contributed by atoms with Crippen molar-refractivity contribution in [3.8, 4) is 0 Å². The third kappa shape index (κ3) is 7.94. The molecule has 1 heterocycles. The average molecular weight is 291 g/mol. The molecular formula is C12H21NO3S2. The second-order valence-electron chi connectivity index (χ2n) is 4.08. The Morgan fingerprint density at radius 3 is 3.11 bits per heavy atom. The quantitative estimate of drug-likeness (QED) is 0.631. The Kier molecular flexibility index (Phi) is 8.45. The molecule has 2 unspecified atom stereocenters. The van der Waals surface area contributed by atoms with E-state index in [-0.39, 0.29) is 0 Å². The molecule has 0 fully saturated rings. The van der Waals surface area contributed by atoms with Gasteiger partial charge in [-0.2, -0.15) is 0 Å². The topological polar surface area (TPSA) is 58.6 Å². The first kappa shape index (κ1) is 15.8. The molecule has 0 spiro atoms. The zero-order valence-corrected chi connectivity index (χ0v) is 12.3. The Morgan fingerprint density at radius 1 is 1.61 bits per heavy atom. The lowest BCUT2D eigenvalue weighted by atomic mass is 10.3. The van der Waals surface area contributed by atoms with Crippen molar-refractivity contribution in [2.45, 2.75) is 19.1 Å². The Hall–Kier alpha value is -0.270. The fraction of sp³-hybridized carbons (Fsp3) is 0.667. The van der Waals surface area contributed by atoms with Gasteiger partial charge in [0.15, 0.2) is 0 Å². The van der Waals surface area contributed by atoms with E-state index in [1.54, 1.807) is 17.6 Å². The summed E-state index contributed by atoms with van der Waals surface area (Å²) in [5.41, 5.74) is 0. The van der Waals surface area contributed by atoms with Gasteiger partial charge in [0, 0.05) is 34.2 Å². The van der Waals surface area contributed by atoms with Crippen LogP contribution in [0.5, 0.6) is 0 Å². The van der Waals surface area contributed by atoms with E-state index in [0.29, 0.717) is 25.5 Å². The van der Waals surface area contributed by atoms with E-state index in [9.17, 15) is 9.32 Å². The highest BCUT2D eigenvalue weighted by molar-refractivity contribution is 7.84. The van der Waals surface area contributed by atoms with Crippen molar-refractivity contribution in [2.75, 3.05) is 31.7 Å². The summed E-state index contributed by atoms with van der Waals surface area (Å²) in [6.45, 7) is 2.19. The normalized spacial score (nSPS) is 14.6. The molecule has 0 saturated carbocycles. The maximum atomic E-state index is 10.8. The molecule has 1 aromatic rings. The van der Waals surface area contributed by atoms with Crippen molar-refractivity contribution >= 4 is 22.1 Å². The van der Waals surface area contributed by atoms with Crippen molar-refractivity contribution in [2.24, 2.45) is 0 Å². The van der Waals surface area contributed by atoms with E-state index in [1.807, 2.05) is 17.5 Å². The highest BCUT2D eigenvalue weighted by atomic mass is 32.2. The molecule has 104 valence electrons. The van der Waals surface area contributed by atoms with Gasteiger partial charge in [-0.15, -0.1) is 11.3 Å². The van der Waals surface area contributed by atoms with Crippen molar-refractivity contribution < 1.29 is 14.1 Å². The molecule has 0 saturated heterocycles. The highest BCUT2D eigenvalue weighted by Gasteiger charge is 2.04. The van der Waals surface area contributed by atoms with Crippen LogP contribution in [0.3, 0.4) is 0 Å². The summed E-state index contributed by atoms with van der Waals surface area (Å²) < 4.78 is 16.2. The number of thiophene rings is 1. The lowest BCUT2D eigenvalue weighted by Gasteiger charge is -2.11. The summed E-state index contributed by atoms with van der Waals surface area (Å²) in [5.74, 6) is 0.706. The van der Waals surface area contributed by atoms with Crippen LogP contribution in [-0.2, 0) is 22.1 Å². The van der Waals surface area contributed by atoms with Gasteiger partial charge in [-0.05, 0) is 24.4 Å². The van der Waals surface area contributed by atoms with E-state index < -0.39 is 16.9 Å². The third-order valence-electron chi connectivity index (χ3n) is 2.30. The van der Waals surface area contributed by atoms with E-state index in [0.717, 1.165) is 13.0 Å². The van der Waals surface area contributed by atoms with Gasteiger partial charge in [-0.25, -0.2) is 0 Å². The fourth-order valence-electron chi connectivity index (χ4n) is 1.42. The van der Waals surface area contributed by atoms with Gasteiger partial charge in [-0.3, -0.25) is 4.21 Å². The van der Waals surface area contributed by atoms with Crippen LogP contribution in [-0.4, -0.2) is 47.1 Å². The Morgan fingerprint density at radius 2 is 2.44 bits per heavy atom. The average Bonchev–Trinajstić information content (AvgIpc) is 2.81. The Bertz CT molecular complexity index is 330. The number of aliphatic hydroxyl groups is 1. The first-order chi connectivity index (χ1) is 8.68. The number of rotatable bonds is 10. The zero-order chi connectivity index (χ0) is 13.2. The van der Waals surface area contributed by atoms with Crippen molar-refractivity contribution in [1.82, 2.24) is 5.32 Å². The summed E-state index contributed by atoms with van der Waals surface area (Å²) in [4.78, 5) is 1.17. The van der Waals surface area contributed by atoms with Gasteiger partial charge in [0.05, 0.1) is 19.3 Å². The molecule has 4 nitrogen and oxygen atoms in total. The fourth-order valence-corrected chi connectivity index (χ4v) is 2.61.